The average molecular weight is 536 g/mol. The predicted octanol–water partition coefficient (Wildman–Crippen LogP) is 7.31. The van der Waals surface area contributed by atoms with Gasteiger partial charge in [-0.15, -0.1) is 0 Å². The van der Waals surface area contributed by atoms with Crippen LogP contribution in [0.1, 0.15) is 11.1 Å². The van der Waals surface area contributed by atoms with Crippen LogP contribution in [0.2, 0.25) is 0 Å². The van der Waals surface area contributed by atoms with Gasteiger partial charge in [-0.25, -0.2) is 26.3 Å². The summed E-state index contributed by atoms with van der Waals surface area (Å²) in [6, 6.07) is -0.934. The first-order valence-corrected chi connectivity index (χ1v) is 8.97. The van der Waals surface area contributed by atoms with E-state index in [1.165, 1.54) is 0 Å². The summed E-state index contributed by atoms with van der Waals surface area (Å²) < 4.78 is 172. The molecular weight excluding hydrogens is 528 g/mol. The molecule has 0 fully saturated rings. The number of hydrogen-bond donors (Lipinski definition) is 2. The van der Waals surface area contributed by atoms with Crippen molar-refractivity contribution in [3.05, 3.63) is 70.3 Å². The van der Waals surface area contributed by atoms with E-state index >= 15 is 0 Å². The number of halogens is 12. The van der Waals surface area contributed by atoms with E-state index < -0.39 is 98.8 Å². The second-order valence-electron chi connectivity index (χ2n) is 6.84. The third-order valence-corrected chi connectivity index (χ3v) is 4.45. The number of hydrogen-bond acceptors (Lipinski definition) is 4. The smallest absolute Gasteiger partial charge is 0.420 e. The molecule has 0 saturated heterocycles. The molecule has 3 aromatic carbocycles. The lowest BCUT2D eigenvalue weighted by Gasteiger charge is -2.20. The third kappa shape index (κ3) is 4.87. The van der Waals surface area contributed by atoms with Crippen LogP contribution in [0, 0.1) is 34.9 Å². The van der Waals surface area contributed by atoms with E-state index in [-0.39, 0.29) is 18.2 Å². The van der Waals surface area contributed by atoms with E-state index in [9.17, 15) is 52.7 Å². The van der Waals surface area contributed by atoms with Gasteiger partial charge in [0.2, 0.25) is 0 Å². The normalized spacial score (nSPS) is 12.1. The average Bonchev–Trinajstić information content (AvgIpc) is 2.76. The van der Waals surface area contributed by atoms with Crippen molar-refractivity contribution in [2.24, 2.45) is 0 Å². The Morgan fingerprint density at radius 2 is 0.806 bits per heavy atom. The first-order valence-electron chi connectivity index (χ1n) is 8.97. The van der Waals surface area contributed by atoms with E-state index in [1.54, 1.807) is 0 Å². The van der Waals surface area contributed by atoms with Crippen LogP contribution in [0.25, 0.3) is 0 Å². The fourth-order valence-electron chi connectivity index (χ4n) is 2.76. The number of benzene rings is 3. The highest BCUT2D eigenvalue weighted by molar-refractivity contribution is 5.55. The van der Waals surface area contributed by atoms with Crippen molar-refractivity contribution in [3.63, 3.8) is 0 Å². The van der Waals surface area contributed by atoms with Gasteiger partial charge in [0.25, 0.3) is 0 Å². The first-order chi connectivity index (χ1) is 16.4. The lowest BCUT2D eigenvalue weighted by atomic mass is 10.1. The van der Waals surface area contributed by atoms with Crippen molar-refractivity contribution in [1.82, 2.24) is 0 Å². The summed E-state index contributed by atoms with van der Waals surface area (Å²) >= 11 is 0. The quantitative estimate of drug-likeness (QED) is 0.209. The Balaban J connectivity index is 2.27. The molecule has 16 heteroatoms. The van der Waals surface area contributed by atoms with Crippen molar-refractivity contribution in [2.45, 2.75) is 12.4 Å². The number of nitrogen functional groups attached to an aromatic ring is 2. The molecule has 36 heavy (non-hydrogen) atoms. The fraction of sp³-hybridized carbons (Fsp3) is 0.100. The van der Waals surface area contributed by atoms with Gasteiger partial charge in [-0.05, 0) is 6.07 Å². The summed E-state index contributed by atoms with van der Waals surface area (Å²) in [5.74, 6) is -17.8. The Labute approximate surface area is 191 Å². The molecule has 4 nitrogen and oxygen atoms in total. The molecule has 0 heterocycles. The lowest BCUT2D eigenvalue weighted by molar-refractivity contribution is -0.144. The van der Waals surface area contributed by atoms with Crippen LogP contribution in [0.4, 0.5) is 64.1 Å². The van der Waals surface area contributed by atoms with Gasteiger partial charge >= 0.3 is 12.4 Å². The maximum absolute atomic E-state index is 14.2. The number of rotatable bonds is 4. The lowest BCUT2D eigenvalue weighted by Crippen LogP contribution is -2.14. The standard InChI is InChI=1S/C20H8F12N2O2/c21-7-2-11(15(25)17(33)13(7)23)35-9-4-10(6(20(30,31)32)1-5(9)19(27,28)29)36-12-3-8(22)14(24)18(34)16(12)26/h1-4H,33-34H2. The molecule has 4 N–H and O–H groups in total. The molecule has 0 aliphatic rings. The SMILES string of the molecule is Nc1c(F)c(F)cc(Oc2cc(Oc3cc(F)c(F)c(N)c3F)c(C(F)(F)F)cc2C(F)(F)F)c1F. The summed E-state index contributed by atoms with van der Waals surface area (Å²) in [6.45, 7) is 0. The summed E-state index contributed by atoms with van der Waals surface area (Å²) in [5.41, 5.74) is 2.41. The van der Waals surface area contributed by atoms with Gasteiger partial charge in [-0.1, -0.05) is 0 Å². The number of nitrogens with two attached hydrogens (primary N) is 2. The molecule has 0 bridgehead atoms. The number of alkyl halides is 6. The molecule has 0 aliphatic carbocycles. The van der Waals surface area contributed by atoms with Gasteiger partial charge in [0.1, 0.15) is 22.9 Å². The van der Waals surface area contributed by atoms with Crippen molar-refractivity contribution >= 4 is 11.4 Å². The molecule has 0 saturated carbocycles. The highest BCUT2D eigenvalue weighted by Crippen LogP contribution is 2.48. The van der Waals surface area contributed by atoms with Crippen molar-refractivity contribution in [1.29, 1.82) is 0 Å². The van der Waals surface area contributed by atoms with Crippen LogP contribution in [0.15, 0.2) is 24.3 Å². The highest BCUT2D eigenvalue weighted by Gasteiger charge is 2.42. The largest absolute Gasteiger partial charge is 0.453 e. The van der Waals surface area contributed by atoms with E-state index in [0.29, 0.717) is 0 Å². The van der Waals surface area contributed by atoms with Gasteiger partial charge in [0.05, 0.1) is 11.1 Å². The third-order valence-electron chi connectivity index (χ3n) is 4.45. The molecule has 0 spiro atoms. The molecule has 3 rings (SSSR count). The van der Waals surface area contributed by atoms with E-state index in [4.69, 9.17) is 11.5 Å². The minimum absolute atomic E-state index is 0.0882. The van der Waals surface area contributed by atoms with E-state index in [0.717, 1.165) is 0 Å². The molecule has 0 unspecified atom stereocenters. The summed E-state index contributed by atoms with van der Waals surface area (Å²) in [7, 11) is 0. The Hall–Kier alpha value is -3.98. The van der Waals surface area contributed by atoms with Gasteiger partial charge in [-0.3, -0.25) is 0 Å². The molecule has 0 atom stereocenters. The number of ether oxygens (including phenoxy) is 2. The minimum atomic E-state index is -5.62. The highest BCUT2D eigenvalue weighted by atomic mass is 19.4. The summed E-state index contributed by atoms with van der Waals surface area (Å²) in [4.78, 5) is 0. The van der Waals surface area contributed by atoms with Crippen LogP contribution in [0.3, 0.4) is 0 Å². The molecule has 0 amide bonds. The van der Waals surface area contributed by atoms with Gasteiger partial charge in [-0.2, -0.15) is 26.3 Å². The number of anilines is 2. The van der Waals surface area contributed by atoms with Crippen molar-refractivity contribution < 1.29 is 62.2 Å². The van der Waals surface area contributed by atoms with E-state index in [1.807, 2.05) is 0 Å². The topological polar surface area (TPSA) is 70.5 Å². The zero-order valence-electron chi connectivity index (χ0n) is 16.8. The molecule has 0 radical (unpaired) electrons. The molecule has 3 aromatic rings. The van der Waals surface area contributed by atoms with Crippen molar-refractivity contribution in [3.8, 4) is 23.0 Å². The second-order valence-corrected chi connectivity index (χ2v) is 6.84. The molecule has 0 aliphatic heterocycles. The van der Waals surface area contributed by atoms with E-state index in [2.05, 4.69) is 9.47 Å². The summed E-state index contributed by atoms with van der Waals surface area (Å²) in [5, 5.41) is 0. The van der Waals surface area contributed by atoms with Crippen LogP contribution < -0.4 is 20.9 Å². The Bertz CT molecular complexity index is 1250. The maximum Gasteiger partial charge on any atom is 0.420 e. The van der Waals surface area contributed by atoms with Gasteiger partial charge in [0.15, 0.2) is 46.4 Å². The molecular formula is C20H8F12N2O2. The minimum Gasteiger partial charge on any atom is -0.453 e. The zero-order valence-corrected chi connectivity index (χ0v) is 16.8. The van der Waals surface area contributed by atoms with Gasteiger partial charge in [0, 0.05) is 18.2 Å². The monoisotopic (exact) mass is 536 g/mol. The molecule has 0 aromatic heterocycles. The van der Waals surface area contributed by atoms with Gasteiger partial charge < -0.3 is 20.9 Å². The maximum atomic E-state index is 14.2. The van der Waals surface area contributed by atoms with Crippen molar-refractivity contribution in [2.75, 3.05) is 11.5 Å². The Morgan fingerprint density at radius 1 is 0.472 bits per heavy atom. The summed E-state index contributed by atoms with van der Waals surface area (Å²) in [6.07, 6.45) is -11.2. The predicted molar refractivity (Wildman–Crippen MR) is 98.1 cm³/mol. The molecule has 194 valence electrons. The first kappa shape index (κ1) is 26.6. The van der Waals surface area contributed by atoms with Crippen LogP contribution >= 0.6 is 0 Å². The Kier molecular flexibility index (Phi) is 6.59. The van der Waals surface area contributed by atoms with Crippen LogP contribution in [-0.4, -0.2) is 0 Å². The Morgan fingerprint density at radius 3 is 1.11 bits per heavy atom. The van der Waals surface area contributed by atoms with Crippen LogP contribution in [0.5, 0.6) is 23.0 Å². The second kappa shape index (κ2) is 8.91. The zero-order chi connectivity index (χ0) is 27.3. The van der Waals surface area contributed by atoms with Crippen LogP contribution in [-0.2, 0) is 12.4 Å². The fourth-order valence-corrected chi connectivity index (χ4v) is 2.76.